The first kappa shape index (κ1) is 19.9. The van der Waals surface area contributed by atoms with Gasteiger partial charge in [-0.1, -0.05) is 6.07 Å². The van der Waals surface area contributed by atoms with Gasteiger partial charge >= 0.3 is 0 Å². The molecule has 0 saturated carbocycles. The molecule has 0 unspecified atom stereocenters. The Hall–Kier alpha value is -2.86. The third kappa shape index (κ3) is 3.60. The SMILES string of the molecule is COc1cc(-c2csc(N(C)C(=O)c3cccc(OC)c3C)n2)cc(C)c1C. The highest BCUT2D eigenvalue weighted by Crippen LogP contribution is 2.33. The van der Waals surface area contributed by atoms with Crippen molar-refractivity contribution < 1.29 is 14.3 Å². The second kappa shape index (κ2) is 8.02. The van der Waals surface area contributed by atoms with E-state index in [1.54, 1.807) is 32.2 Å². The van der Waals surface area contributed by atoms with Crippen LogP contribution in [0.25, 0.3) is 11.3 Å². The third-order valence-corrected chi connectivity index (χ3v) is 5.87. The molecule has 0 fully saturated rings. The van der Waals surface area contributed by atoms with E-state index in [0.29, 0.717) is 16.4 Å². The van der Waals surface area contributed by atoms with Gasteiger partial charge in [0.1, 0.15) is 11.5 Å². The molecule has 28 heavy (non-hydrogen) atoms. The fourth-order valence-electron chi connectivity index (χ4n) is 3.07. The Labute approximate surface area is 169 Å². The van der Waals surface area contributed by atoms with Crippen LogP contribution in [0.5, 0.6) is 11.5 Å². The number of amides is 1. The molecule has 0 aliphatic rings. The number of thiazole rings is 1. The van der Waals surface area contributed by atoms with Crippen LogP contribution in [0.1, 0.15) is 27.0 Å². The van der Waals surface area contributed by atoms with Crippen LogP contribution in [0.4, 0.5) is 5.13 Å². The molecular weight excluding hydrogens is 372 g/mol. The van der Waals surface area contributed by atoms with Gasteiger partial charge in [0.05, 0.1) is 19.9 Å². The molecule has 0 saturated heterocycles. The van der Waals surface area contributed by atoms with Crippen LogP contribution in [0.3, 0.4) is 0 Å². The lowest BCUT2D eigenvalue weighted by molar-refractivity contribution is 0.0992. The van der Waals surface area contributed by atoms with Crippen molar-refractivity contribution in [2.75, 3.05) is 26.2 Å². The Morgan fingerprint density at radius 3 is 2.43 bits per heavy atom. The van der Waals surface area contributed by atoms with Crippen LogP contribution >= 0.6 is 11.3 Å². The molecule has 0 aliphatic heterocycles. The maximum atomic E-state index is 13.0. The van der Waals surface area contributed by atoms with Crippen LogP contribution < -0.4 is 14.4 Å². The van der Waals surface area contributed by atoms with Crippen molar-refractivity contribution in [3.05, 3.63) is 58.0 Å². The first-order valence-electron chi connectivity index (χ1n) is 8.90. The minimum atomic E-state index is -0.116. The lowest BCUT2D eigenvalue weighted by atomic mass is 10.0. The molecule has 6 heteroatoms. The minimum Gasteiger partial charge on any atom is -0.496 e. The number of aryl methyl sites for hydroxylation is 1. The number of methoxy groups -OCH3 is 2. The predicted octanol–water partition coefficient (Wildman–Crippen LogP) is 5.03. The minimum absolute atomic E-state index is 0.116. The third-order valence-electron chi connectivity index (χ3n) is 4.95. The van der Waals surface area contributed by atoms with E-state index >= 15 is 0 Å². The van der Waals surface area contributed by atoms with E-state index in [-0.39, 0.29) is 5.91 Å². The molecule has 1 amide bonds. The molecule has 0 spiro atoms. The number of hydrogen-bond acceptors (Lipinski definition) is 5. The molecule has 0 aliphatic carbocycles. The summed E-state index contributed by atoms with van der Waals surface area (Å²) in [4.78, 5) is 19.3. The van der Waals surface area contributed by atoms with Gasteiger partial charge in [-0.3, -0.25) is 9.69 Å². The summed E-state index contributed by atoms with van der Waals surface area (Å²) in [5, 5.41) is 2.60. The van der Waals surface area contributed by atoms with Crippen molar-refractivity contribution in [3.8, 4) is 22.8 Å². The monoisotopic (exact) mass is 396 g/mol. The summed E-state index contributed by atoms with van der Waals surface area (Å²) in [6, 6.07) is 9.54. The summed E-state index contributed by atoms with van der Waals surface area (Å²) < 4.78 is 10.8. The van der Waals surface area contributed by atoms with E-state index in [4.69, 9.17) is 9.47 Å². The van der Waals surface area contributed by atoms with E-state index in [1.807, 2.05) is 37.4 Å². The topological polar surface area (TPSA) is 51.7 Å². The fourth-order valence-corrected chi connectivity index (χ4v) is 3.87. The van der Waals surface area contributed by atoms with Crippen LogP contribution in [-0.2, 0) is 0 Å². The zero-order valence-corrected chi connectivity index (χ0v) is 17.8. The second-order valence-electron chi connectivity index (χ2n) is 6.63. The van der Waals surface area contributed by atoms with Gasteiger partial charge in [-0.15, -0.1) is 11.3 Å². The molecule has 0 bridgehead atoms. The van der Waals surface area contributed by atoms with Crippen LogP contribution in [0, 0.1) is 20.8 Å². The number of hydrogen-bond donors (Lipinski definition) is 0. The number of aromatic nitrogens is 1. The molecule has 0 atom stereocenters. The molecule has 146 valence electrons. The lowest BCUT2D eigenvalue weighted by Gasteiger charge is -2.16. The molecule has 1 aromatic heterocycles. The Morgan fingerprint density at radius 2 is 1.75 bits per heavy atom. The van der Waals surface area contributed by atoms with Crippen LogP contribution in [-0.4, -0.2) is 32.2 Å². The summed E-state index contributed by atoms with van der Waals surface area (Å²) in [7, 11) is 5.01. The van der Waals surface area contributed by atoms with Crippen LogP contribution in [0.2, 0.25) is 0 Å². The maximum absolute atomic E-state index is 13.0. The van der Waals surface area contributed by atoms with Crippen molar-refractivity contribution in [3.63, 3.8) is 0 Å². The standard InChI is InChI=1S/C22H24N2O3S/c1-13-10-16(11-20(27-6)14(13)2)18-12-28-22(23-18)24(4)21(25)17-8-7-9-19(26-5)15(17)3/h7-12H,1-6H3. The van der Waals surface area contributed by atoms with E-state index in [9.17, 15) is 4.79 Å². The smallest absolute Gasteiger partial charge is 0.260 e. The van der Waals surface area contributed by atoms with Crippen molar-refractivity contribution >= 4 is 22.4 Å². The number of ether oxygens (including phenoxy) is 2. The molecule has 0 N–H and O–H groups in total. The Morgan fingerprint density at radius 1 is 1.04 bits per heavy atom. The van der Waals surface area contributed by atoms with E-state index in [2.05, 4.69) is 18.0 Å². The summed E-state index contributed by atoms with van der Waals surface area (Å²) in [6.45, 7) is 5.97. The van der Waals surface area contributed by atoms with E-state index in [0.717, 1.165) is 33.7 Å². The molecule has 3 aromatic rings. The first-order chi connectivity index (χ1) is 13.4. The number of benzene rings is 2. The number of carbonyl (C=O) groups excluding carboxylic acids is 1. The number of nitrogens with zero attached hydrogens (tertiary/aromatic N) is 2. The van der Waals surface area contributed by atoms with Gasteiger partial charge in [-0.05, 0) is 56.2 Å². The zero-order valence-electron chi connectivity index (χ0n) is 17.0. The van der Waals surface area contributed by atoms with Crippen molar-refractivity contribution in [1.29, 1.82) is 0 Å². The molecule has 2 aromatic carbocycles. The Kier molecular flexibility index (Phi) is 5.70. The Bertz CT molecular complexity index is 1030. The number of rotatable bonds is 5. The maximum Gasteiger partial charge on any atom is 0.260 e. The predicted molar refractivity (Wildman–Crippen MR) is 114 cm³/mol. The fraction of sp³-hybridized carbons (Fsp3) is 0.273. The first-order valence-corrected chi connectivity index (χ1v) is 9.78. The highest BCUT2D eigenvalue weighted by molar-refractivity contribution is 7.14. The molecule has 5 nitrogen and oxygen atoms in total. The van der Waals surface area contributed by atoms with Gasteiger partial charge in [0.15, 0.2) is 5.13 Å². The van der Waals surface area contributed by atoms with Gasteiger partial charge < -0.3 is 9.47 Å². The van der Waals surface area contributed by atoms with Crippen LogP contribution in [0.15, 0.2) is 35.7 Å². The average Bonchev–Trinajstić information content (AvgIpc) is 3.19. The summed E-state index contributed by atoms with van der Waals surface area (Å²) in [5.74, 6) is 1.41. The van der Waals surface area contributed by atoms with Gasteiger partial charge in [0, 0.05) is 29.1 Å². The summed E-state index contributed by atoms with van der Waals surface area (Å²) in [5.41, 5.74) is 5.47. The molecule has 0 radical (unpaired) electrons. The lowest BCUT2D eigenvalue weighted by Crippen LogP contribution is -2.26. The van der Waals surface area contributed by atoms with E-state index < -0.39 is 0 Å². The van der Waals surface area contributed by atoms with Gasteiger partial charge in [-0.25, -0.2) is 4.98 Å². The molecule has 3 rings (SSSR count). The Balaban J connectivity index is 1.92. The van der Waals surface area contributed by atoms with Gasteiger partial charge in [-0.2, -0.15) is 0 Å². The normalized spacial score (nSPS) is 10.6. The molecular formula is C22H24N2O3S. The highest BCUT2D eigenvalue weighted by atomic mass is 32.1. The number of anilines is 1. The second-order valence-corrected chi connectivity index (χ2v) is 7.47. The largest absolute Gasteiger partial charge is 0.496 e. The summed E-state index contributed by atoms with van der Waals surface area (Å²) in [6.07, 6.45) is 0. The number of carbonyl (C=O) groups is 1. The highest BCUT2D eigenvalue weighted by Gasteiger charge is 2.20. The van der Waals surface area contributed by atoms with Gasteiger partial charge in [0.2, 0.25) is 0 Å². The quantitative estimate of drug-likeness (QED) is 0.607. The zero-order chi connectivity index (χ0) is 20.4. The van der Waals surface area contributed by atoms with Crippen molar-refractivity contribution in [1.82, 2.24) is 4.98 Å². The summed E-state index contributed by atoms with van der Waals surface area (Å²) >= 11 is 1.44. The van der Waals surface area contributed by atoms with Crippen molar-refractivity contribution in [2.45, 2.75) is 20.8 Å². The van der Waals surface area contributed by atoms with Crippen molar-refractivity contribution in [2.24, 2.45) is 0 Å². The average molecular weight is 397 g/mol. The van der Waals surface area contributed by atoms with Gasteiger partial charge in [0.25, 0.3) is 5.91 Å². The van der Waals surface area contributed by atoms with E-state index in [1.165, 1.54) is 11.3 Å². The molecule has 1 heterocycles.